The summed E-state index contributed by atoms with van der Waals surface area (Å²) in [6, 6.07) is -3.52. The smallest absolute Gasteiger partial charge is 0.332 e. The zero-order chi connectivity index (χ0) is 104. The van der Waals surface area contributed by atoms with Crippen molar-refractivity contribution in [2.45, 2.75) is 404 Å². The van der Waals surface area contributed by atoms with Crippen LogP contribution in [0.3, 0.4) is 0 Å². The highest BCUT2D eigenvalue weighted by Gasteiger charge is 2.64. The minimum atomic E-state index is -2.79. The Kier molecular flexibility index (Phi) is 44.6. The first-order valence-electron chi connectivity index (χ1n) is 45.4. The fourth-order valence-electron chi connectivity index (χ4n) is 17.9. The Morgan fingerprint density at radius 1 is 0.319 bits per heavy atom. The summed E-state index contributed by atoms with van der Waals surface area (Å²) in [5.74, 6) is -5.54. The fourth-order valence-corrected chi connectivity index (χ4v) is 17.9. The second kappa shape index (κ2) is 52.8. The number of hydrogen-bond acceptors (Lipinski definition) is 59. The van der Waals surface area contributed by atoms with E-state index in [4.69, 9.17) is 109 Å². The van der Waals surface area contributed by atoms with Crippen molar-refractivity contribution in [3.8, 4) is 0 Å². The van der Waals surface area contributed by atoms with Crippen molar-refractivity contribution >= 4 is 18.3 Å². The van der Waals surface area contributed by atoms with Gasteiger partial charge in [0, 0.05) is 19.8 Å². The molecule has 11 saturated heterocycles. The summed E-state index contributed by atoms with van der Waals surface area (Å²) in [6.45, 7) is -0.791. The van der Waals surface area contributed by atoms with Crippen molar-refractivity contribution in [1.82, 2.24) is 10.6 Å². The summed E-state index contributed by atoms with van der Waals surface area (Å²) in [7, 11) is 0. The molecule has 141 heavy (non-hydrogen) atoms. The van der Waals surface area contributed by atoms with Gasteiger partial charge in [-0.3, -0.25) is 14.4 Å². The molecule has 0 aromatic carbocycles. The van der Waals surface area contributed by atoms with Crippen molar-refractivity contribution in [3.05, 3.63) is 0 Å². The molecular weight excluding hydrogens is 1930 g/mol. The number of amides is 2. The Morgan fingerprint density at radius 3 is 0.865 bits per heavy atom. The molecule has 0 aromatic rings. The van der Waals surface area contributed by atoms with Crippen LogP contribution in [0.2, 0.25) is 0 Å². The molecule has 61 nitrogen and oxygen atoms in total. The first-order valence-corrected chi connectivity index (χ1v) is 45.4. The zero-order valence-electron chi connectivity index (χ0n) is 76.8. The molecule has 0 bridgehead atoms. The number of aliphatic hydroxyl groups is 33. The molecule has 11 aliphatic rings. The summed E-state index contributed by atoms with van der Waals surface area (Å²) in [4.78, 5) is 37.2. The van der Waals surface area contributed by atoms with Gasteiger partial charge >= 0.3 is 5.97 Å². The Labute approximate surface area is 801 Å². The quantitative estimate of drug-likeness (QED) is 0.0201. The molecule has 0 saturated carbocycles. The van der Waals surface area contributed by atoms with Gasteiger partial charge in [-0.25, -0.2) is 0 Å². The van der Waals surface area contributed by atoms with Gasteiger partial charge in [-0.2, -0.15) is 0 Å². The van der Waals surface area contributed by atoms with Crippen LogP contribution in [0.1, 0.15) is 54.9 Å². The van der Waals surface area contributed by atoms with Gasteiger partial charge in [0.2, 0.25) is 11.8 Å². The molecular formula is C80H138N2O59. The molecule has 0 aromatic heterocycles. The summed E-state index contributed by atoms with van der Waals surface area (Å²) >= 11 is 0. The van der Waals surface area contributed by atoms with Crippen molar-refractivity contribution in [2.75, 3.05) is 72.7 Å². The van der Waals surface area contributed by atoms with Gasteiger partial charge in [-0.1, -0.05) is 6.92 Å². The molecule has 11 aliphatic heterocycles. The first kappa shape index (κ1) is 119. The van der Waals surface area contributed by atoms with Crippen LogP contribution in [-0.2, 0) is 123 Å². The van der Waals surface area contributed by atoms with E-state index < -0.39 is 446 Å². The lowest BCUT2D eigenvalue weighted by molar-refractivity contribution is -0.448. The van der Waals surface area contributed by atoms with Gasteiger partial charge in [0.1, 0.15) is 256 Å². The molecule has 0 spiro atoms. The van der Waals surface area contributed by atoms with Gasteiger partial charge in [0.15, 0.2) is 62.9 Å². The predicted molar refractivity (Wildman–Crippen MR) is 437 cm³/mol. The highest BCUT2D eigenvalue weighted by molar-refractivity contribution is 5.73. The standard InChI is InChI=1S/C45H77NO33.C35H61NO26/c1-13(2)68-41-30(63)28(61)35(21(10-51)72-41)74-42-31(64)29(62)36(22(11-52)73-42)75-43-32(65)38(26(59)19(8-49)70-43)77-40-23(46-15(4)54)37(25(58)18(7-48)69-40)76-44-33(66)39(27(60)20(9-50)71-44)79-45(67-12-53)5-16(55)14(3)34(78-45)24(57)17(56)6-47;1-9(2)53-32-24(50)21(47)27(14(7-40)57-32)59-34-25(51)22(48)28(15(8-41)58-34)60-35-26(52)30(19(45)13(6-39)56-35)62-31-16(36-10(3)42)29(18(44)12(5-38)54-31)61-33-23(49)20(46)17(43)11(4-37)55-33/h12-14,16-44,47-52,55-66H,5-11H2,1-4H3,(H,46,54);9,11-35,37-41,43-52H,4-8H2,1-3H3,(H,36,42)/t14-,16-,17-,18?,19?,20?,21?,22?,23?,24-,25+,26+,27+,28-,29-,30?,31?,32?,33?,34?,35-,36+,37-,38+,39+,40+,41-,42+,43-,44+,45+;11?,12?,13?,14?,15?,16?,17-,18-,19-,20-,21+,22+,23?,24?,25?,26?,27+,28-,29+,30-,31-,32+,33-,34-,35+/m10/s1. The molecule has 0 aliphatic carbocycles. The molecule has 2 amide bonds. The second-order valence-electron chi connectivity index (χ2n) is 36.1. The van der Waals surface area contributed by atoms with E-state index in [2.05, 4.69) is 10.6 Å². The Bertz CT molecular complexity index is 3720. The fraction of sp³-hybridized carbons (Fsp3) is 0.963. The van der Waals surface area contributed by atoms with E-state index in [1.807, 2.05) is 0 Å². The van der Waals surface area contributed by atoms with E-state index in [-0.39, 0.29) is 6.47 Å². The van der Waals surface area contributed by atoms with Crippen LogP contribution in [0, 0.1) is 5.92 Å². The third-order valence-corrected chi connectivity index (χ3v) is 25.5. The van der Waals surface area contributed by atoms with E-state index in [0.29, 0.717) is 0 Å². The number of hydrogen-bond donors (Lipinski definition) is 35. The largest absolute Gasteiger partial charge is 0.410 e. The van der Waals surface area contributed by atoms with Crippen molar-refractivity contribution in [2.24, 2.45) is 5.92 Å². The van der Waals surface area contributed by atoms with E-state index in [0.717, 1.165) is 13.8 Å². The van der Waals surface area contributed by atoms with Crippen molar-refractivity contribution < 1.29 is 292 Å². The number of nitrogens with one attached hydrogen (secondary N) is 2. The maximum Gasteiger partial charge on any atom is 0.332 e. The Morgan fingerprint density at radius 2 is 0.567 bits per heavy atom. The maximum atomic E-state index is 12.9. The van der Waals surface area contributed by atoms with Gasteiger partial charge in [0.25, 0.3) is 6.47 Å². The van der Waals surface area contributed by atoms with Gasteiger partial charge < -0.3 is 288 Å². The highest BCUT2D eigenvalue weighted by Crippen LogP contribution is 2.44. The molecule has 61 heteroatoms. The minimum absolute atomic E-state index is 0.211. The lowest BCUT2D eigenvalue weighted by atomic mass is 9.86. The van der Waals surface area contributed by atoms with Crippen LogP contribution in [-0.4, -0.2) is 609 Å². The van der Waals surface area contributed by atoms with Crippen molar-refractivity contribution in [3.63, 3.8) is 0 Å². The molecule has 35 N–H and O–H groups in total. The maximum absolute atomic E-state index is 12.9. The summed E-state index contributed by atoms with van der Waals surface area (Å²) in [5, 5.41) is 359. The van der Waals surface area contributed by atoms with Crippen molar-refractivity contribution in [1.29, 1.82) is 0 Å². The SMILES string of the molecule is CC(=O)NC1[C@H](O[C@@H]2C(O)[C@@H](O[C@H]3C(CO)O[C@@H](O[C@@H]4C(CO)O[C@@H](OC(C)C)C(O)[C@H]4O)C(O)[C@H]3O)OC(CO)[C@@H]2O)OC(CO)[C@H](O)[C@@H]1O[C@@H]1OC(CO)[C@H](O)[C@H](O)C1O.CC(=O)NC1[C@H](O[C@@H]2C(O)[C@@H](O[C@H]3C(CO)O[C@@H](O[C@@H]4C(CO)O[C@@H](OC(C)C)C(O)[C@H]4O)C(O)[C@H]3O)OC(CO)[C@@H]2O)OC(CO)[C@H](O)[C@@H]1O[C@@H]1OC(CO)[C@H](O)[C@H](O[C@]2(OC=O)C[C@@H](O)[C@@H](C)C([C@H](O)[C@H](O)CO)O2)C1O. The predicted octanol–water partition coefficient (Wildman–Crippen LogP) is -22.3. The second-order valence-corrected chi connectivity index (χ2v) is 36.1. The highest BCUT2D eigenvalue weighted by atomic mass is 16.9. The van der Waals surface area contributed by atoms with Gasteiger partial charge in [-0.05, 0) is 27.7 Å². The number of carbonyl (C=O) groups is 3. The topological polar surface area (TPSA) is 955 Å². The normalized spacial score (nSPS) is 48.4. The number of carbonyl (C=O) groups excluding carboxylic acids is 3. The number of aliphatic hydroxyl groups excluding tert-OH is 33. The zero-order valence-corrected chi connectivity index (χ0v) is 76.8. The van der Waals surface area contributed by atoms with E-state index in [9.17, 15) is 183 Å². The Balaban J connectivity index is 0.000000299. The van der Waals surface area contributed by atoms with E-state index in [1.54, 1.807) is 27.7 Å². The lowest BCUT2D eigenvalue weighted by Gasteiger charge is -2.51. The molecule has 11 fully saturated rings. The van der Waals surface area contributed by atoms with Crippen LogP contribution < -0.4 is 10.6 Å². The van der Waals surface area contributed by atoms with E-state index in [1.165, 1.54) is 6.92 Å². The lowest BCUT2D eigenvalue weighted by Crippen LogP contribution is -2.70. The molecule has 11 rings (SSSR count). The average Bonchev–Trinajstić information content (AvgIpc) is 0.767. The third-order valence-electron chi connectivity index (χ3n) is 25.5. The minimum Gasteiger partial charge on any atom is -0.410 e. The third kappa shape index (κ3) is 27.0. The molecule has 11 heterocycles. The first-order chi connectivity index (χ1) is 66.6. The van der Waals surface area contributed by atoms with Gasteiger partial charge in [-0.15, -0.1) is 0 Å². The van der Waals surface area contributed by atoms with Crippen LogP contribution >= 0.6 is 0 Å². The monoisotopic (exact) mass is 2070 g/mol. The van der Waals surface area contributed by atoms with E-state index >= 15 is 0 Å². The summed E-state index contributed by atoms with van der Waals surface area (Å²) in [6.07, 6.45) is -98.2. The van der Waals surface area contributed by atoms with Crippen LogP contribution in [0.25, 0.3) is 0 Å². The molecule has 822 valence electrons. The number of rotatable bonds is 39. The van der Waals surface area contributed by atoms with Crippen LogP contribution in [0.5, 0.6) is 0 Å². The Hall–Kier alpha value is -3.79. The number of ether oxygens (including phenoxy) is 23. The summed E-state index contributed by atoms with van der Waals surface area (Å²) in [5.41, 5.74) is 0. The van der Waals surface area contributed by atoms with Crippen LogP contribution in [0.4, 0.5) is 0 Å². The molecule has 56 atom stereocenters. The summed E-state index contributed by atoms with van der Waals surface area (Å²) < 4.78 is 131. The van der Waals surface area contributed by atoms with Crippen LogP contribution in [0.15, 0.2) is 0 Å². The average molecular weight is 2070 g/mol. The molecule has 21 unspecified atom stereocenters. The molecule has 0 radical (unpaired) electrons. The van der Waals surface area contributed by atoms with Gasteiger partial charge in [0.05, 0.1) is 104 Å².